The van der Waals surface area contributed by atoms with Crippen LogP contribution in [0.15, 0.2) is 34.8 Å². The van der Waals surface area contributed by atoms with E-state index in [1.807, 2.05) is 0 Å². The third-order valence-electron chi connectivity index (χ3n) is 3.08. The molecule has 1 N–H and O–H groups in total. The number of rotatable bonds is 3. The molecule has 0 saturated carbocycles. The first-order valence-corrected chi connectivity index (χ1v) is 7.64. The highest BCUT2D eigenvalue weighted by atomic mass is 79.9. The highest BCUT2D eigenvalue weighted by molar-refractivity contribution is 9.10. The lowest BCUT2D eigenvalue weighted by atomic mass is 10.2. The fraction of sp³-hybridized carbons (Fsp3) is 0.133. The molecule has 0 aromatic heterocycles. The first kappa shape index (κ1) is 17.2. The zero-order valence-electron chi connectivity index (χ0n) is 12.2. The minimum absolute atomic E-state index is 0.116. The van der Waals surface area contributed by atoms with Gasteiger partial charge in [0.25, 0.3) is 5.69 Å². The molecule has 8 heteroatoms. The average molecular weight is 400 g/mol. The molecule has 120 valence electrons. The number of carbonyl (C=O) groups excluding carboxylic acids is 1. The number of nitro benzene ring substituents is 1. The Morgan fingerprint density at radius 3 is 2.61 bits per heavy atom. The number of nitrogens with zero attached hydrogens (tertiary/aromatic N) is 1. The zero-order chi connectivity index (χ0) is 17.1. The predicted molar refractivity (Wildman–Crippen MR) is 91.4 cm³/mol. The van der Waals surface area contributed by atoms with Gasteiger partial charge < -0.3 is 4.74 Å². The van der Waals surface area contributed by atoms with Crippen LogP contribution in [0.25, 0.3) is 0 Å². The molecule has 0 unspecified atom stereocenters. The van der Waals surface area contributed by atoms with E-state index < -0.39 is 11.0 Å². The summed E-state index contributed by atoms with van der Waals surface area (Å²) in [4.78, 5) is 22.3. The number of hydrogen-bond acceptors (Lipinski definition) is 4. The van der Waals surface area contributed by atoms with Gasteiger partial charge in [0.2, 0.25) is 0 Å². The number of aryl methyl sites for hydroxylation is 2. The van der Waals surface area contributed by atoms with E-state index in [2.05, 4.69) is 21.2 Å². The normalized spacial score (nSPS) is 10.3. The molecule has 0 atom stereocenters. The van der Waals surface area contributed by atoms with Crippen LogP contribution in [0.1, 0.15) is 11.1 Å². The number of non-ortho nitro benzene ring substituents is 1. The molecule has 0 fully saturated rings. The van der Waals surface area contributed by atoms with E-state index in [9.17, 15) is 14.9 Å². The smallest absolute Gasteiger partial charge is 0.409 e. The maximum atomic E-state index is 12.0. The van der Waals surface area contributed by atoms with Gasteiger partial charge >= 0.3 is 6.09 Å². The van der Waals surface area contributed by atoms with Crippen molar-refractivity contribution in [3.8, 4) is 5.75 Å². The van der Waals surface area contributed by atoms with E-state index in [0.717, 1.165) is 5.56 Å². The second kappa shape index (κ2) is 6.97. The van der Waals surface area contributed by atoms with Gasteiger partial charge in [0.15, 0.2) is 0 Å². The van der Waals surface area contributed by atoms with Crippen LogP contribution >= 0.6 is 27.5 Å². The molecular formula is C15H12BrClN2O4. The van der Waals surface area contributed by atoms with Crippen molar-refractivity contribution in [2.75, 3.05) is 5.32 Å². The Bertz CT molecular complexity index is 795. The first-order valence-electron chi connectivity index (χ1n) is 6.47. The van der Waals surface area contributed by atoms with Crippen LogP contribution in [0.2, 0.25) is 5.02 Å². The van der Waals surface area contributed by atoms with Gasteiger partial charge in [-0.2, -0.15) is 0 Å². The monoisotopic (exact) mass is 398 g/mol. The summed E-state index contributed by atoms with van der Waals surface area (Å²) in [5.74, 6) is 0.299. The molecule has 1 amide bonds. The highest BCUT2D eigenvalue weighted by Crippen LogP contribution is 2.31. The summed E-state index contributed by atoms with van der Waals surface area (Å²) in [5.41, 5.74) is 1.63. The predicted octanol–water partition coefficient (Wildman–Crippen LogP) is 5.24. The maximum Gasteiger partial charge on any atom is 0.417 e. The summed E-state index contributed by atoms with van der Waals surface area (Å²) < 4.78 is 5.74. The molecule has 2 rings (SSSR count). The average Bonchev–Trinajstić information content (AvgIpc) is 2.46. The van der Waals surface area contributed by atoms with Crippen molar-refractivity contribution in [2.24, 2.45) is 0 Å². The van der Waals surface area contributed by atoms with E-state index in [1.54, 1.807) is 32.0 Å². The summed E-state index contributed by atoms with van der Waals surface area (Å²) in [5, 5.41) is 13.8. The molecule has 2 aromatic rings. The van der Waals surface area contributed by atoms with Crippen LogP contribution in [0.4, 0.5) is 16.2 Å². The second-order valence-electron chi connectivity index (χ2n) is 4.80. The van der Waals surface area contributed by atoms with Crippen molar-refractivity contribution in [3.63, 3.8) is 0 Å². The Morgan fingerprint density at radius 1 is 1.26 bits per heavy atom. The number of anilines is 1. The van der Waals surface area contributed by atoms with Gasteiger partial charge in [-0.15, -0.1) is 0 Å². The molecule has 0 aliphatic rings. The number of carbonyl (C=O) groups is 1. The van der Waals surface area contributed by atoms with Crippen molar-refractivity contribution >= 4 is 45.0 Å². The topological polar surface area (TPSA) is 81.5 Å². The van der Waals surface area contributed by atoms with Crippen LogP contribution in [-0.2, 0) is 0 Å². The van der Waals surface area contributed by atoms with Gasteiger partial charge in [-0.3, -0.25) is 15.4 Å². The van der Waals surface area contributed by atoms with Crippen molar-refractivity contribution in [2.45, 2.75) is 13.8 Å². The number of nitrogens with one attached hydrogen (secondary N) is 1. The van der Waals surface area contributed by atoms with Crippen LogP contribution in [0, 0.1) is 24.0 Å². The molecule has 0 heterocycles. The minimum atomic E-state index is -0.754. The standard InChI is InChI=1S/C15H12BrClN2O4/c1-8-3-4-10(19(21)22)6-13(8)18-15(20)23-14-5-9(2)12(17)7-11(14)16/h3-7H,1-2H3,(H,18,20). The first-order chi connectivity index (χ1) is 10.8. The molecule has 0 bridgehead atoms. The molecule has 0 spiro atoms. The lowest BCUT2D eigenvalue weighted by Gasteiger charge is -2.11. The molecule has 6 nitrogen and oxygen atoms in total. The Balaban J connectivity index is 2.19. The fourth-order valence-electron chi connectivity index (χ4n) is 1.80. The molecule has 0 saturated heterocycles. The summed E-state index contributed by atoms with van der Waals surface area (Å²) in [7, 11) is 0. The number of ether oxygens (including phenoxy) is 1. The van der Waals surface area contributed by atoms with Gasteiger partial charge in [-0.1, -0.05) is 17.7 Å². The van der Waals surface area contributed by atoms with E-state index in [-0.39, 0.29) is 5.69 Å². The Morgan fingerprint density at radius 2 is 1.96 bits per heavy atom. The maximum absolute atomic E-state index is 12.0. The van der Waals surface area contributed by atoms with Crippen LogP contribution in [0.5, 0.6) is 5.75 Å². The second-order valence-corrected chi connectivity index (χ2v) is 6.06. The van der Waals surface area contributed by atoms with Crippen molar-refractivity contribution < 1.29 is 14.5 Å². The SMILES string of the molecule is Cc1cc(OC(=O)Nc2cc([N+](=O)[O-])ccc2C)c(Br)cc1Cl. The van der Waals surface area contributed by atoms with Gasteiger partial charge in [0.1, 0.15) is 5.75 Å². The summed E-state index contributed by atoms with van der Waals surface area (Å²) in [6, 6.07) is 7.43. The molecule has 23 heavy (non-hydrogen) atoms. The number of nitro groups is 1. The molecule has 2 aromatic carbocycles. The molecule has 0 aliphatic heterocycles. The number of benzene rings is 2. The third-order valence-corrected chi connectivity index (χ3v) is 4.11. The van der Waals surface area contributed by atoms with Gasteiger partial charge in [0.05, 0.1) is 15.1 Å². The number of halogens is 2. The summed E-state index contributed by atoms with van der Waals surface area (Å²) >= 11 is 9.23. The fourth-order valence-corrected chi connectivity index (χ4v) is 2.52. The lowest BCUT2D eigenvalue weighted by molar-refractivity contribution is -0.384. The van der Waals surface area contributed by atoms with E-state index >= 15 is 0 Å². The molecular weight excluding hydrogens is 388 g/mol. The molecule has 0 aliphatic carbocycles. The van der Waals surface area contributed by atoms with Crippen molar-refractivity contribution in [3.05, 3.63) is 61.1 Å². The Kier molecular flexibility index (Phi) is 5.23. The Hall–Kier alpha value is -2.12. The summed E-state index contributed by atoms with van der Waals surface area (Å²) in [6.45, 7) is 3.51. The largest absolute Gasteiger partial charge is 0.417 e. The van der Waals surface area contributed by atoms with Crippen LogP contribution in [0.3, 0.4) is 0 Å². The minimum Gasteiger partial charge on any atom is -0.409 e. The third kappa shape index (κ3) is 4.20. The van der Waals surface area contributed by atoms with Gasteiger partial charge in [-0.25, -0.2) is 4.79 Å². The van der Waals surface area contributed by atoms with E-state index in [0.29, 0.717) is 26.5 Å². The van der Waals surface area contributed by atoms with E-state index in [4.69, 9.17) is 16.3 Å². The van der Waals surface area contributed by atoms with Crippen LogP contribution < -0.4 is 10.1 Å². The van der Waals surface area contributed by atoms with Gasteiger partial charge in [-0.05, 0) is 53.0 Å². The van der Waals surface area contributed by atoms with Crippen molar-refractivity contribution in [1.82, 2.24) is 0 Å². The van der Waals surface area contributed by atoms with Gasteiger partial charge in [0, 0.05) is 17.2 Å². The number of hydrogen-bond donors (Lipinski definition) is 1. The highest BCUT2D eigenvalue weighted by Gasteiger charge is 2.14. The van der Waals surface area contributed by atoms with E-state index in [1.165, 1.54) is 12.1 Å². The van der Waals surface area contributed by atoms with Crippen LogP contribution in [-0.4, -0.2) is 11.0 Å². The zero-order valence-corrected chi connectivity index (χ0v) is 14.6. The quantitative estimate of drug-likeness (QED) is 0.565. The Labute approximate surface area is 145 Å². The van der Waals surface area contributed by atoms with Crippen molar-refractivity contribution in [1.29, 1.82) is 0 Å². The lowest BCUT2D eigenvalue weighted by Crippen LogP contribution is -2.17. The molecule has 0 radical (unpaired) electrons. The number of amides is 1. The summed E-state index contributed by atoms with van der Waals surface area (Å²) in [6.07, 6.45) is -0.754.